The summed E-state index contributed by atoms with van der Waals surface area (Å²) in [5, 5.41) is 10.2. The fourth-order valence-corrected chi connectivity index (χ4v) is 2.44. The van der Waals surface area contributed by atoms with E-state index in [4.69, 9.17) is 13.9 Å². The molecule has 1 amide bonds. The molecule has 0 spiro atoms. The van der Waals surface area contributed by atoms with Crippen molar-refractivity contribution in [3.63, 3.8) is 0 Å². The topological polar surface area (TPSA) is 89.7 Å². The minimum Gasteiger partial charge on any atom is -0.494 e. The van der Waals surface area contributed by atoms with E-state index in [1.165, 1.54) is 6.26 Å². The number of carbonyl (C=O) groups excluding carboxylic acids is 1. The van der Waals surface area contributed by atoms with Gasteiger partial charge in [-0.1, -0.05) is 5.10 Å². The number of rotatable bonds is 6. The standard InChI is InChI=1S/C17H20N4O4/c1-3-21(4-2)13-7-5-12(6-8-13)15(22)18-17-20-19-16(25-17)14-11-23-9-10-24-14/h5-8,11H,3-4,9-10H2,1-2H3,(H,18,20,22). The Morgan fingerprint density at radius 3 is 2.56 bits per heavy atom. The number of nitrogens with one attached hydrogen (secondary N) is 1. The first kappa shape index (κ1) is 16.8. The van der Waals surface area contributed by atoms with Gasteiger partial charge in [-0.05, 0) is 38.1 Å². The number of benzene rings is 1. The van der Waals surface area contributed by atoms with Gasteiger partial charge < -0.3 is 18.8 Å². The Morgan fingerprint density at radius 1 is 1.16 bits per heavy atom. The molecular weight excluding hydrogens is 324 g/mol. The van der Waals surface area contributed by atoms with E-state index in [0.29, 0.717) is 24.5 Å². The highest BCUT2D eigenvalue weighted by atomic mass is 16.6. The van der Waals surface area contributed by atoms with Gasteiger partial charge in [-0.3, -0.25) is 10.1 Å². The molecule has 8 nitrogen and oxygen atoms in total. The minimum atomic E-state index is -0.323. The first-order valence-corrected chi connectivity index (χ1v) is 8.16. The lowest BCUT2D eigenvalue weighted by Crippen LogP contribution is -2.21. The van der Waals surface area contributed by atoms with Gasteiger partial charge >= 0.3 is 6.01 Å². The average molecular weight is 344 g/mol. The minimum absolute atomic E-state index is 0.00268. The molecule has 8 heteroatoms. The van der Waals surface area contributed by atoms with Crippen LogP contribution >= 0.6 is 0 Å². The normalized spacial score (nSPS) is 13.4. The second kappa shape index (κ2) is 7.69. The van der Waals surface area contributed by atoms with Crippen LogP contribution in [0.4, 0.5) is 11.7 Å². The predicted molar refractivity (Wildman–Crippen MR) is 92.1 cm³/mol. The van der Waals surface area contributed by atoms with Gasteiger partial charge in [0.25, 0.3) is 11.8 Å². The highest BCUT2D eigenvalue weighted by Gasteiger charge is 2.17. The van der Waals surface area contributed by atoms with E-state index in [1.807, 2.05) is 12.1 Å². The van der Waals surface area contributed by atoms with Gasteiger partial charge in [0.1, 0.15) is 19.5 Å². The molecule has 0 unspecified atom stereocenters. The molecule has 0 fully saturated rings. The van der Waals surface area contributed by atoms with Crippen LogP contribution in [0, 0.1) is 0 Å². The lowest BCUT2D eigenvalue weighted by atomic mass is 10.2. The van der Waals surface area contributed by atoms with Crippen LogP contribution in [0.5, 0.6) is 0 Å². The van der Waals surface area contributed by atoms with Crippen molar-refractivity contribution >= 4 is 23.4 Å². The van der Waals surface area contributed by atoms with E-state index in [2.05, 4.69) is 34.3 Å². The predicted octanol–water partition coefficient (Wildman–Crippen LogP) is 2.51. The molecule has 0 atom stereocenters. The molecule has 1 aliphatic heterocycles. The van der Waals surface area contributed by atoms with Crippen molar-refractivity contribution in [2.45, 2.75) is 13.8 Å². The van der Waals surface area contributed by atoms with Gasteiger partial charge in [-0.15, -0.1) is 5.10 Å². The molecule has 3 rings (SSSR count). The monoisotopic (exact) mass is 344 g/mol. The Morgan fingerprint density at radius 2 is 1.92 bits per heavy atom. The molecule has 0 radical (unpaired) electrons. The van der Waals surface area contributed by atoms with Crippen molar-refractivity contribution in [1.29, 1.82) is 0 Å². The van der Waals surface area contributed by atoms with E-state index in [0.717, 1.165) is 18.8 Å². The van der Waals surface area contributed by atoms with E-state index >= 15 is 0 Å². The third kappa shape index (κ3) is 3.90. The summed E-state index contributed by atoms with van der Waals surface area (Å²) >= 11 is 0. The Labute approximate surface area is 145 Å². The summed E-state index contributed by atoms with van der Waals surface area (Å²) in [4.78, 5) is 14.5. The zero-order valence-electron chi connectivity index (χ0n) is 14.2. The maximum Gasteiger partial charge on any atom is 0.322 e. The number of carbonyl (C=O) groups is 1. The molecule has 132 valence electrons. The zero-order chi connectivity index (χ0) is 17.6. The summed E-state index contributed by atoms with van der Waals surface area (Å²) in [6.07, 6.45) is 1.41. The van der Waals surface area contributed by atoms with Crippen molar-refractivity contribution < 1.29 is 18.7 Å². The van der Waals surface area contributed by atoms with Gasteiger partial charge in [-0.2, -0.15) is 0 Å². The number of amides is 1. The lowest BCUT2D eigenvalue weighted by Gasteiger charge is -2.20. The molecule has 0 saturated heterocycles. The fraction of sp³-hybridized carbons (Fsp3) is 0.353. The summed E-state index contributed by atoms with van der Waals surface area (Å²) < 4.78 is 15.9. The van der Waals surface area contributed by atoms with E-state index in [1.54, 1.807) is 12.1 Å². The van der Waals surface area contributed by atoms with Crippen LogP contribution < -0.4 is 10.2 Å². The molecule has 2 heterocycles. The molecule has 1 aromatic carbocycles. The van der Waals surface area contributed by atoms with E-state index in [-0.39, 0.29) is 17.8 Å². The first-order valence-electron chi connectivity index (χ1n) is 8.16. The van der Waals surface area contributed by atoms with E-state index < -0.39 is 0 Å². The number of hydrogen-bond donors (Lipinski definition) is 1. The van der Waals surface area contributed by atoms with Gasteiger partial charge in [-0.25, -0.2) is 0 Å². The Balaban J connectivity index is 1.66. The van der Waals surface area contributed by atoms with Gasteiger partial charge in [0, 0.05) is 24.3 Å². The van der Waals surface area contributed by atoms with Crippen LogP contribution in [0.15, 0.2) is 34.9 Å². The molecule has 0 bridgehead atoms. The van der Waals surface area contributed by atoms with Crippen molar-refractivity contribution in [1.82, 2.24) is 10.2 Å². The van der Waals surface area contributed by atoms with Gasteiger partial charge in [0.15, 0.2) is 0 Å². The highest BCUT2D eigenvalue weighted by Crippen LogP contribution is 2.20. The Kier molecular flexibility index (Phi) is 5.17. The molecular formula is C17H20N4O4. The number of ether oxygens (including phenoxy) is 2. The van der Waals surface area contributed by atoms with Crippen LogP contribution in [0.3, 0.4) is 0 Å². The molecule has 1 aliphatic rings. The van der Waals surface area contributed by atoms with Crippen molar-refractivity contribution in [3.8, 4) is 0 Å². The maximum atomic E-state index is 12.3. The Hall–Kier alpha value is -3.03. The van der Waals surface area contributed by atoms with Gasteiger partial charge in [0.2, 0.25) is 5.76 Å². The summed E-state index contributed by atoms with van der Waals surface area (Å²) in [6, 6.07) is 7.36. The number of anilines is 2. The summed E-state index contributed by atoms with van der Waals surface area (Å²) in [5.41, 5.74) is 1.58. The molecule has 25 heavy (non-hydrogen) atoms. The third-order valence-corrected chi connectivity index (χ3v) is 3.76. The second-order valence-corrected chi connectivity index (χ2v) is 5.29. The summed E-state index contributed by atoms with van der Waals surface area (Å²) in [5.74, 6) is 0.186. The number of aromatic nitrogens is 2. The van der Waals surface area contributed by atoms with Crippen molar-refractivity contribution in [3.05, 3.63) is 42.0 Å². The zero-order valence-corrected chi connectivity index (χ0v) is 14.2. The molecule has 0 saturated carbocycles. The van der Waals surface area contributed by atoms with Crippen LogP contribution in [0.1, 0.15) is 30.1 Å². The molecule has 0 aliphatic carbocycles. The summed E-state index contributed by atoms with van der Waals surface area (Å²) in [6.45, 7) is 6.89. The second-order valence-electron chi connectivity index (χ2n) is 5.29. The quantitative estimate of drug-likeness (QED) is 0.861. The highest BCUT2D eigenvalue weighted by molar-refractivity contribution is 6.03. The Bertz CT molecular complexity index is 750. The SMILES string of the molecule is CCN(CC)c1ccc(C(=O)Nc2nnc(C3=COCCO3)o2)cc1. The van der Waals surface area contributed by atoms with Gasteiger partial charge in [0.05, 0.1) is 0 Å². The van der Waals surface area contributed by atoms with E-state index in [9.17, 15) is 4.79 Å². The molecule has 1 N–H and O–H groups in total. The van der Waals surface area contributed by atoms with Crippen molar-refractivity contribution in [2.24, 2.45) is 0 Å². The van der Waals surface area contributed by atoms with Crippen molar-refractivity contribution in [2.75, 3.05) is 36.5 Å². The summed E-state index contributed by atoms with van der Waals surface area (Å²) in [7, 11) is 0. The lowest BCUT2D eigenvalue weighted by molar-refractivity contribution is 0.102. The smallest absolute Gasteiger partial charge is 0.322 e. The number of nitrogens with zero attached hydrogens (tertiary/aromatic N) is 3. The van der Waals surface area contributed by atoms with Crippen LogP contribution in [0.2, 0.25) is 0 Å². The van der Waals surface area contributed by atoms with Crippen LogP contribution in [-0.4, -0.2) is 42.4 Å². The fourth-order valence-electron chi connectivity index (χ4n) is 2.44. The largest absolute Gasteiger partial charge is 0.494 e. The first-order chi connectivity index (χ1) is 12.2. The third-order valence-electron chi connectivity index (χ3n) is 3.76. The average Bonchev–Trinajstić information content (AvgIpc) is 3.12. The maximum absolute atomic E-state index is 12.3. The van der Waals surface area contributed by atoms with Crippen LogP contribution in [-0.2, 0) is 9.47 Å². The molecule has 2 aromatic rings. The molecule has 1 aromatic heterocycles. The van der Waals surface area contributed by atoms with Crippen LogP contribution in [0.25, 0.3) is 5.76 Å². The number of hydrogen-bond acceptors (Lipinski definition) is 7.